The van der Waals surface area contributed by atoms with Gasteiger partial charge in [-0.2, -0.15) is 0 Å². The van der Waals surface area contributed by atoms with Gasteiger partial charge in [-0.3, -0.25) is 0 Å². The fourth-order valence-corrected chi connectivity index (χ4v) is 0. The third-order valence-corrected chi connectivity index (χ3v) is 0. The van der Waals surface area contributed by atoms with Gasteiger partial charge < -0.3 is 27.7 Å². The molecule has 0 fully saturated rings. The largest absolute Gasteiger partial charge is 2.00 e. The second-order valence-electron chi connectivity index (χ2n) is 0.224. The summed E-state index contributed by atoms with van der Waals surface area (Å²) in [5.74, 6) is 0. The summed E-state index contributed by atoms with van der Waals surface area (Å²) in [5.41, 5.74) is 0. The average molecular weight is 235 g/mol. The molecular formula is BaClNO3. The number of halogens is 1. The first-order valence-corrected chi connectivity index (χ1v) is 0.548. The van der Waals surface area contributed by atoms with E-state index in [4.69, 9.17) is 15.3 Å². The molecule has 0 bridgehead atoms. The molecule has 0 saturated carbocycles. The average Bonchev–Trinajstić information content (AvgIpc) is 0.811. The van der Waals surface area contributed by atoms with Crippen LogP contribution in [0.3, 0.4) is 0 Å². The SMILES string of the molecule is O=[N+]([O-])[O-].[Ba+2].[Cl-]. The van der Waals surface area contributed by atoms with E-state index in [1.165, 1.54) is 0 Å². The summed E-state index contributed by atoms with van der Waals surface area (Å²) in [7, 11) is 0. The van der Waals surface area contributed by atoms with E-state index in [1.54, 1.807) is 0 Å². The van der Waals surface area contributed by atoms with Gasteiger partial charge >= 0.3 is 48.9 Å². The zero-order chi connectivity index (χ0) is 3.58. The van der Waals surface area contributed by atoms with E-state index in [1.807, 2.05) is 0 Å². The fraction of sp³-hybridized carbons (Fsp3) is 0. The van der Waals surface area contributed by atoms with Crippen molar-refractivity contribution in [1.82, 2.24) is 0 Å². The Morgan fingerprint density at radius 2 is 1.33 bits per heavy atom. The van der Waals surface area contributed by atoms with Crippen LogP contribution >= 0.6 is 0 Å². The molecule has 0 aromatic rings. The number of rotatable bonds is 0. The minimum Gasteiger partial charge on any atom is -1.00 e. The molecule has 32 valence electrons. The molecule has 0 aromatic heterocycles. The topological polar surface area (TPSA) is 66.2 Å². The molecule has 0 rings (SSSR count). The van der Waals surface area contributed by atoms with Gasteiger partial charge in [-0.15, -0.1) is 0 Å². The monoisotopic (exact) mass is 235 g/mol. The van der Waals surface area contributed by atoms with Crippen molar-refractivity contribution < 1.29 is 17.5 Å². The Morgan fingerprint density at radius 1 is 1.33 bits per heavy atom. The van der Waals surface area contributed by atoms with Crippen LogP contribution in [-0.2, 0) is 0 Å². The molecule has 0 aliphatic rings. The second-order valence-corrected chi connectivity index (χ2v) is 0.224. The minimum absolute atomic E-state index is 0. The third-order valence-electron chi connectivity index (χ3n) is 0. The molecule has 0 amide bonds. The van der Waals surface area contributed by atoms with Crippen LogP contribution in [0.25, 0.3) is 0 Å². The van der Waals surface area contributed by atoms with Crippen molar-refractivity contribution in [3.63, 3.8) is 0 Å². The summed E-state index contributed by atoms with van der Waals surface area (Å²) in [5, 5.41) is 14.8. The number of hydrogen-bond acceptors (Lipinski definition) is 3. The molecule has 0 heterocycles. The van der Waals surface area contributed by atoms with E-state index in [0.29, 0.717) is 0 Å². The van der Waals surface area contributed by atoms with Crippen LogP contribution in [-0.4, -0.2) is 54.0 Å². The maximum absolute atomic E-state index is 8.25. The van der Waals surface area contributed by atoms with Gasteiger partial charge in [0, 0.05) is 0 Å². The van der Waals surface area contributed by atoms with Crippen LogP contribution in [0.1, 0.15) is 0 Å². The first kappa shape index (κ1) is 15.7. The molecule has 0 aromatic carbocycles. The molecule has 0 saturated heterocycles. The first-order valence-electron chi connectivity index (χ1n) is 0.548. The second kappa shape index (κ2) is 9.41. The van der Waals surface area contributed by atoms with Crippen LogP contribution in [0.5, 0.6) is 0 Å². The number of nitrogens with zero attached hydrogens (tertiary/aromatic N) is 1. The van der Waals surface area contributed by atoms with Crippen LogP contribution in [0.4, 0.5) is 0 Å². The molecule has 6 heteroatoms. The predicted molar refractivity (Wildman–Crippen MR) is 16.1 cm³/mol. The van der Waals surface area contributed by atoms with Gasteiger partial charge in [0.1, 0.15) is 0 Å². The third kappa shape index (κ3) is 74.1. The minimum atomic E-state index is -1.75. The van der Waals surface area contributed by atoms with Crippen LogP contribution in [0.2, 0.25) is 0 Å². The Hall–Kier alpha value is 1.06. The summed E-state index contributed by atoms with van der Waals surface area (Å²) >= 11 is 0. The van der Waals surface area contributed by atoms with Gasteiger partial charge in [-0.25, -0.2) is 0 Å². The molecule has 0 atom stereocenters. The Labute approximate surface area is 80.5 Å². The molecule has 0 aliphatic heterocycles. The Morgan fingerprint density at radius 3 is 1.33 bits per heavy atom. The number of hydrogen-bond donors (Lipinski definition) is 0. The molecule has 0 aliphatic carbocycles. The maximum Gasteiger partial charge on any atom is 2.00 e. The predicted octanol–water partition coefficient (Wildman–Crippen LogP) is -3.62. The van der Waals surface area contributed by atoms with Crippen LogP contribution in [0, 0.1) is 15.3 Å². The van der Waals surface area contributed by atoms with Crippen LogP contribution < -0.4 is 12.4 Å². The Balaban J connectivity index is -0.0000000450. The summed E-state index contributed by atoms with van der Waals surface area (Å²) in [4.78, 5) is 8.25. The van der Waals surface area contributed by atoms with Crippen molar-refractivity contribution in [2.45, 2.75) is 0 Å². The molecule has 0 unspecified atom stereocenters. The maximum atomic E-state index is 8.25. The quantitative estimate of drug-likeness (QED) is 0.247. The molecule has 0 N–H and O–H groups in total. The summed E-state index contributed by atoms with van der Waals surface area (Å²) in [6.45, 7) is 0. The van der Waals surface area contributed by atoms with Crippen molar-refractivity contribution in [2.24, 2.45) is 0 Å². The summed E-state index contributed by atoms with van der Waals surface area (Å²) in [6, 6.07) is 0. The van der Waals surface area contributed by atoms with Crippen molar-refractivity contribution in [3.8, 4) is 0 Å². The molecular weight excluding hydrogens is 235 g/mol. The van der Waals surface area contributed by atoms with Gasteiger partial charge in [0.25, 0.3) is 0 Å². The van der Waals surface area contributed by atoms with Gasteiger partial charge in [-0.1, -0.05) is 0 Å². The fourth-order valence-electron chi connectivity index (χ4n) is 0. The molecule has 0 radical (unpaired) electrons. The van der Waals surface area contributed by atoms with Crippen LogP contribution in [0.15, 0.2) is 0 Å². The Kier molecular flexibility index (Phi) is 24.7. The zero-order valence-electron chi connectivity index (χ0n) is 2.76. The van der Waals surface area contributed by atoms with Gasteiger partial charge in [-0.05, 0) is 0 Å². The van der Waals surface area contributed by atoms with E-state index in [2.05, 4.69) is 0 Å². The standard InChI is InChI=1S/Ba.ClH.NO3/c;;2-1(3)4/h;1H;/q+2;;-1/p-1. The van der Waals surface area contributed by atoms with E-state index >= 15 is 0 Å². The van der Waals surface area contributed by atoms with E-state index in [0.717, 1.165) is 0 Å². The smallest absolute Gasteiger partial charge is 1.00 e. The van der Waals surface area contributed by atoms with E-state index < -0.39 is 5.09 Å². The van der Waals surface area contributed by atoms with Gasteiger partial charge in [0.15, 0.2) is 0 Å². The van der Waals surface area contributed by atoms with Crippen molar-refractivity contribution in [1.29, 1.82) is 0 Å². The summed E-state index contributed by atoms with van der Waals surface area (Å²) < 4.78 is 0. The van der Waals surface area contributed by atoms with Crippen molar-refractivity contribution >= 4 is 48.9 Å². The normalized spacial score (nSPS) is 4.00. The first-order chi connectivity index (χ1) is 1.73. The van der Waals surface area contributed by atoms with Gasteiger partial charge in [0.2, 0.25) is 0 Å². The summed E-state index contributed by atoms with van der Waals surface area (Å²) in [6.07, 6.45) is 0. The molecule has 4 nitrogen and oxygen atoms in total. The van der Waals surface area contributed by atoms with E-state index in [-0.39, 0.29) is 61.3 Å². The van der Waals surface area contributed by atoms with Crippen molar-refractivity contribution in [2.75, 3.05) is 0 Å². The molecule has 0 spiro atoms. The molecule has 6 heavy (non-hydrogen) atoms. The Bertz CT molecular complexity index is 33.8. The zero-order valence-corrected chi connectivity index (χ0v) is 7.95. The van der Waals surface area contributed by atoms with E-state index in [9.17, 15) is 0 Å². The van der Waals surface area contributed by atoms with Crippen molar-refractivity contribution in [3.05, 3.63) is 15.3 Å². The van der Waals surface area contributed by atoms with Gasteiger partial charge in [0.05, 0.1) is 5.09 Å².